The van der Waals surface area contributed by atoms with Crippen molar-refractivity contribution >= 4 is 17.6 Å². The second-order valence-corrected chi connectivity index (χ2v) is 5.16. The minimum atomic E-state index is 0.00345. The molecule has 92 valence electrons. The van der Waals surface area contributed by atoms with E-state index in [9.17, 15) is 4.79 Å². The van der Waals surface area contributed by atoms with Gasteiger partial charge in [-0.3, -0.25) is 4.79 Å². The molecule has 4 nitrogen and oxygen atoms in total. The fraction of sp³-hybridized carbons (Fsp3) is 0.500. The Labute approximate surface area is 105 Å². The summed E-state index contributed by atoms with van der Waals surface area (Å²) >= 11 is 1.78. The van der Waals surface area contributed by atoms with Gasteiger partial charge in [-0.05, 0) is 12.8 Å². The van der Waals surface area contributed by atoms with Gasteiger partial charge in [-0.25, -0.2) is 4.98 Å². The Morgan fingerprint density at radius 3 is 3.18 bits per heavy atom. The van der Waals surface area contributed by atoms with Crippen molar-refractivity contribution in [2.75, 3.05) is 23.4 Å². The second kappa shape index (κ2) is 5.91. The summed E-state index contributed by atoms with van der Waals surface area (Å²) in [7, 11) is 0. The lowest BCUT2D eigenvalue weighted by Gasteiger charge is -2.07. The fourth-order valence-corrected chi connectivity index (χ4v) is 2.17. The van der Waals surface area contributed by atoms with Gasteiger partial charge in [0.15, 0.2) is 5.82 Å². The summed E-state index contributed by atoms with van der Waals surface area (Å²) in [4.78, 5) is 16.1. The van der Waals surface area contributed by atoms with Gasteiger partial charge in [0.2, 0.25) is 0 Å². The maximum absolute atomic E-state index is 12.0. The minimum absolute atomic E-state index is 0.00345. The van der Waals surface area contributed by atoms with E-state index in [0.717, 1.165) is 30.9 Å². The van der Waals surface area contributed by atoms with Crippen molar-refractivity contribution in [1.29, 1.82) is 0 Å². The van der Waals surface area contributed by atoms with Gasteiger partial charge in [0.1, 0.15) is 0 Å². The third-order valence-electron chi connectivity index (χ3n) is 2.58. The lowest BCUT2D eigenvalue weighted by atomic mass is 10.5. The van der Waals surface area contributed by atoms with Crippen LogP contribution in [-0.4, -0.2) is 27.6 Å². The summed E-state index contributed by atoms with van der Waals surface area (Å²) in [5.74, 6) is 2.36. The van der Waals surface area contributed by atoms with Crippen LogP contribution in [-0.2, 0) is 0 Å². The van der Waals surface area contributed by atoms with Crippen molar-refractivity contribution in [3.05, 3.63) is 35.4 Å². The number of nitrogens with one attached hydrogen (secondary N) is 1. The number of thioether (sulfide) groups is 1. The van der Waals surface area contributed by atoms with Gasteiger partial charge in [-0.1, -0.05) is 6.08 Å². The topological polar surface area (TPSA) is 46.9 Å². The molecule has 0 aliphatic heterocycles. The first-order valence-corrected chi connectivity index (χ1v) is 6.98. The molecule has 1 heterocycles. The Bertz CT molecular complexity index is 440. The molecular formula is C12H17N3OS. The maximum atomic E-state index is 12.0. The molecule has 2 rings (SSSR count). The molecule has 0 radical (unpaired) electrons. The van der Waals surface area contributed by atoms with E-state index in [1.807, 2.05) is 6.08 Å². The third kappa shape index (κ3) is 3.36. The fourth-order valence-electron chi connectivity index (χ4n) is 1.59. The quantitative estimate of drug-likeness (QED) is 0.594. The SMILES string of the molecule is C=CCSCCNc1nccn(C2CC2)c1=O. The molecule has 0 unspecified atom stereocenters. The van der Waals surface area contributed by atoms with Crippen LogP contribution in [0.25, 0.3) is 0 Å². The Balaban J connectivity index is 1.89. The van der Waals surface area contributed by atoms with Gasteiger partial charge < -0.3 is 9.88 Å². The second-order valence-electron chi connectivity index (χ2n) is 4.01. The molecule has 0 aromatic carbocycles. The van der Waals surface area contributed by atoms with E-state index in [1.54, 1.807) is 28.7 Å². The molecule has 0 atom stereocenters. The first-order chi connectivity index (χ1) is 8.33. The zero-order valence-corrected chi connectivity index (χ0v) is 10.6. The Morgan fingerprint density at radius 2 is 2.47 bits per heavy atom. The molecule has 1 aliphatic rings. The van der Waals surface area contributed by atoms with Crippen LogP contribution in [0.4, 0.5) is 5.82 Å². The van der Waals surface area contributed by atoms with Crippen LogP contribution in [0.5, 0.6) is 0 Å². The first kappa shape index (κ1) is 12.2. The molecule has 1 N–H and O–H groups in total. The molecule has 1 aliphatic carbocycles. The molecule has 17 heavy (non-hydrogen) atoms. The number of hydrogen-bond donors (Lipinski definition) is 1. The minimum Gasteiger partial charge on any atom is -0.365 e. The molecule has 5 heteroatoms. The highest BCUT2D eigenvalue weighted by Gasteiger charge is 2.25. The van der Waals surface area contributed by atoms with Crippen molar-refractivity contribution in [2.45, 2.75) is 18.9 Å². The van der Waals surface area contributed by atoms with E-state index < -0.39 is 0 Å². The summed E-state index contributed by atoms with van der Waals surface area (Å²) in [6.45, 7) is 4.42. The van der Waals surface area contributed by atoms with Crippen LogP contribution in [0.15, 0.2) is 29.8 Å². The average molecular weight is 251 g/mol. The van der Waals surface area contributed by atoms with E-state index >= 15 is 0 Å². The molecule has 1 aromatic heterocycles. The van der Waals surface area contributed by atoms with Gasteiger partial charge in [-0.2, -0.15) is 11.8 Å². The number of rotatable bonds is 7. The van der Waals surface area contributed by atoms with Crippen LogP contribution in [0.2, 0.25) is 0 Å². The van der Waals surface area contributed by atoms with Crippen molar-refractivity contribution in [3.63, 3.8) is 0 Å². The number of nitrogens with zero attached hydrogens (tertiary/aromatic N) is 2. The number of anilines is 1. The van der Waals surface area contributed by atoms with Gasteiger partial charge in [0, 0.05) is 36.5 Å². The molecule has 1 fully saturated rings. The smallest absolute Gasteiger partial charge is 0.293 e. The highest BCUT2D eigenvalue weighted by Crippen LogP contribution is 2.33. The highest BCUT2D eigenvalue weighted by molar-refractivity contribution is 7.99. The van der Waals surface area contributed by atoms with Crippen LogP contribution in [0, 0.1) is 0 Å². The van der Waals surface area contributed by atoms with E-state index in [2.05, 4.69) is 16.9 Å². The van der Waals surface area contributed by atoms with E-state index in [1.165, 1.54) is 0 Å². The molecule has 1 aromatic rings. The Morgan fingerprint density at radius 1 is 1.65 bits per heavy atom. The van der Waals surface area contributed by atoms with Crippen molar-refractivity contribution < 1.29 is 0 Å². The van der Waals surface area contributed by atoms with Gasteiger partial charge in [0.05, 0.1) is 0 Å². The van der Waals surface area contributed by atoms with Crippen LogP contribution < -0.4 is 10.9 Å². The Kier molecular flexibility index (Phi) is 4.25. The van der Waals surface area contributed by atoms with Gasteiger partial charge in [-0.15, -0.1) is 6.58 Å². The summed E-state index contributed by atoms with van der Waals surface area (Å²) in [5, 5.41) is 3.10. The average Bonchev–Trinajstić information content (AvgIpc) is 3.15. The van der Waals surface area contributed by atoms with Gasteiger partial charge in [0.25, 0.3) is 5.56 Å². The number of hydrogen-bond acceptors (Lipinski definition) is 4. The Hall–Kier alpha value is -1.23. The van der Waals surface area contributed by atoms with Crippen molar-refractivity contribution in [2.24, 2.45) is 0 Å². The summed E-state index contributed by atoms with van der Waals surface area (Å²) in [6.07, 6.45) is 7.57. The summed E-state index contributed by atoms with van der Waals surface area (Å²) in [5.41, 5.74) is 0.00345. The number of aromatic nitrogens is 2. The molecule has 0 spiro atoms. The van der Waals surface area contributed by atoms with Gasteiger partial charge >= 0.3 is 0 Å². The monoisotopic (exact) mass is 251 g/mol. The zero-order chi connectivity index (χ0) is 12.1. The predicted octanol–water partition coefficient (Wildman–Crippen LogP) is 1.91. The largest absolute Gasteiger partial charge is 0.365 e. The molecule has 1 saturated carbocycles. The normalized spacial score (nSPS) is 14.6. The standard InChI is InChI=1S/C12H17N3OS/c1-2-8-17-9-6-14-11-12(16)15(7-5-13-11)10-3-4-10/h2,5,7,10H,1,3-4,6,8-9H2,(H,13,14). The predicted molar refractivity (Wildman–Crippen MR) is 72.8 cm³/mol. The highest BCUT2D eigenvalue weighted by atomic mass is 32.2. The van der Waals surface area contributed by atoms with Crippen molar-refractivity contribution in [3.8, 4) is 0 Å². The van der Waals surface area contributed by atoms with E-state index in [0.29, 0.717) is 11.9 Å². The molecular weight excluding hydrogens is 234 g/mol. The lowest BCUT2D eigenvalue weighted by Crippen LogP contribution is -2.24. The van der Waals surface area contributed by atoms with Crippen LogP contribution >= 0.6 is 11.8 Å². The van der Waals surface area contributed by atoms with E-state index in [4.69, 9.17) is 0 Å². The van der Waals surface area contributed by atoms with Crippen LogP contribution in [0.3, 0.4) is 0 Å². The summed E-state index contributed by atoms with van der Waals surface area (Å²) in [6, 6.07) is 0.404. The third-order valence-corrected chi connectivity index (χ3v) is 3.55. The first-order valence-electron chi connectivity index (χ1n) is 5.82. The summed E-state index contributed by atoms with van der Waals surface area (Å²) < 4.78 is 1.78. The molecule has 0 amide bonds. The zero-order valence-electron chi connectivity index (χ0n) is 9.76. The lowest BCUT2D eigenvalue weighted by molar-refractivity contribution is 0.700. The maximum Gasteiger partial charge on any atom is 0.293 e. The molecule has 0 bridgehead atoms. The van der Waals surface area contributed by atoms with E-state index in [-0.39, 0.29) is 5.56 Å². The van der Waals surface area contributed by atoms with Crippen LogP contribution in [0.1, 0.15) is 18.9 Å². The van der Waals surface area contributed by atoms with Crippen molar-refractivity contribution in [1.82, 2.24) is 9.55 Å². The molecule has 0 saturated heterocycles.